The molecule has 0 unspecified atom stereocenters. The van der Waals surface area contributed by atoms with Gasteiger partial charge in [-0.15, -0.1) is 0 Å². The Kier molecular flexibility index (Phi) is 5.33. The van der Waals surface area contributed by atoms with E-state index in [1.54, 1.807) is 0 Å². The smallest absolute Gasteiger partial charge is 0.307 e. The molecule has 0 radical (unpaired) electrons. The average molecular weight is 291 g/mol. The molecular weight excluding hydrogens is 270 g/mol. The zero-order chi connectivity index (χ0) is 15.2. The Labute approximate surface area is 124 Å². The van der Waals surface area contributed by atoms with E-state index in [-0.39, 0.29) is 17.9 Å². The van der Waals surface area contributed by atoms with Crippen molar-refractivity contribution < 1.29 is 19.4 Å². The lowest BCUT2D eigenvalue weighted by molar-refractivity contribution is -0.140. The molecule has 1 aliphatic rings. The second-order valence-corrected chi connectivity index (χ2v) is 5.36. The van der Waals surface area contributed by atoms with E-state index in [2.05, 4.69) is 5.32 Å². The van der Waals surface area contributed by atoms with E-state index >= 15 is 0 Å². The second-order valence-electron chi connectivity index (χ2n) is 5.36. The molecule has 0 saturated heterocycles. The molecule has 5 nitrogen and oxygen atoms in total. The molecule has 3 atom stereocenters. The van der Waals surface area contributed by atoms with Gasteiger partial charge in [-0.25, -0.2) is 0 Å². The van der Waals surface area contributed by atoms with Crippen molar-refractivity contribution >= 4 is 11.9 Å². The summed E-state index contributed by atoms with van der Waals surface area (Å²) in [6.45, 7) is 3.07. The minimum absolute atomic E-state index is 0.0294. The number of hydrogen-bond acceptors (Lipinski definition) is 3. The number of rotatable bonds is 8. The summed E-state index contributed by atoms with van der Waals surface area (Å²) in [5.74, 6) is -1.86. The number of carbonyl (C=O) groups excluding carboxylic acids is 1. The summed E-state index contributed by atoms with van der Waals surface area (Å²) in [5.41, 5.74) is 1.13. The van der Waals surface area contributed by atoms with Gasteiger partial charge in [-0.2, -0.15) is 0 Å². The second kappa shape index (κ2) is 7.22. The van der Waals surface area contributed by atoms with Gasteiger partial charge in [0.15, 0.2) is 0 Å². The van der Waals surface area contributed by atoms with E-state index in [0.717, 1.165) is 5.56 Å². The van der Waals surface area contributed by atoms with Gasteiger partial charge in [0.1, 0.15) is 0 Å². The summed E-state index contributed by atoms with van der Waals surface area (Å²) < 4.78 is 5.70. The van der Waals surface area contributed by atoms with Crippen LogP contribution in [0.15, 0.2) is 30.3 Å². The first kappa shape index (κ1) is 15.5. The molecule has 0 aromatic heterocycles. The number of hydrogen-bond donors (Lipinski definition) is 2. The molecule has 5 heteroatoms. The summed E-state index contributed by atoms with van der Waals surface area (Å²) in [6.07, 6.45) is 1.21. The number of nitrogens with one attached hydrogen (secondary N) is 1. The third-order valence-electron chi connectivity index (χ3n) is 3.70. The predicted octanol–water partition coefficient (Wildman–Crippen LogP) is 1.99. The first-order valence-corrected chi connectivity index (χ1v) is 7.26. The molecule has 1 amide bonds. The highest BCUT2D eigenvalue weighted by molar-refractivity contribution is 5.89. The van der Waals surface area contributed by atoms with E-state index in [0.29, 0.717) is 26.0 Å². The minimum atomic E-state index is -0.879. The van der Waals surface area contributed by atoms with Crippen LogP contribution < -0.4 is 5.32 Å². The van der Waals surface area contributed by atoms with E-state index in [9.17, 15) is 9.59 Å². The van der Waals surface area contributed by atoms with Crippen LogP contribution in [0.5, 0.6) is 0 Å². The number of carboxylic acids is 1. The molecule has 21 heavy (non-hydrogen) atoms. The molecule has 0 aliphatic heterocycles. The molecule has 0 bridgehead atoms. The largest absolute Gasteiger partial charge is 0.481 e. The van der Waals surface area contributed by atoms with Gasteiger partial charge in [0.05, 0.1) is 17.9 Å². The van der Waals surface area contributed by atoms with E-state index < -0.39 is 11.9 Å². The van der Waals surface area contributed by atoms with Gasteiger partial charge < -0.3 is 15.2 Å². The molecule has 1 aromatic rings. The van der Waals surface area contributed by atoms with Crippen LogP contribution in [0.4, 0.5) is 0 Å². The zero-order valence-corrected chi connectivity index (χ0v) is 12.1. The standard InChI is InChI=1S/C16H21NO4/c1-11(12-6-3-2-4-7-12)21-9-5-8-17-15(18)13-10-14(13)16(19)20/h2-4,6-7,11,13-14H,5,8-10H2,1H3,(H,17,18)(H,19,20)/t11-,13-,14+/m0/s1. The molecule has 114 valence electrons. The molecule has 2 N–H and O–H groups in total. The Balaban J connectivity index is 1.56. The highest BCUT2D eigenvalue weighted by Gasteiger charge is 2.48. The van der Waals surface area contributed by atoms with Gasteiger partial charge in [0, 0.05) is 13.2 Å². The van der Waals surface area contributed by atoms with Crippen LogP contribution in [0.25, 0.3) is 0 Å². The van der Waals surface area contributed by atoms with Crippen molar-refractivity contribution in [2.24, 2.45) is 11.8 Å². The van der Waals surface area contributed by atoms with Crippen LogP contribution >= 0.6 is 0 Å². The third kappa shape index (κ3) is 4.56. The van der Waals surface area contributed by atoms with Crippen molar-refractivity contribution in [1.29, 1.82) is 0 Å². The number of carboxylic acid groups (broad SMARTS) is 1. The lowest BCUT2D eigenvalue weighted by Crippen LogP contribution is -2.28. The SMILES string of the molecule is C[C@H](OCCCNC(=O)[C@H]1C[C@H]1C(=O)O)c1ccccc1. The van der Waals surface area contributed by atoms with Crippen molar-refractivity contribution in [3.63, 3.8) is 0 Å². The van der Waals surface area contributed by atoms with Gasteiger partial charge in [-0.05, 0) is 25.3 Å². The number of carbonyl (C=O) groups is 2. The van der Waals surface area contributed by atoms with Crippen molar-refractivity contribution in [2.45, 2.75) is 25.9 Å². The minimum Gasteiger partial charge on any atom is -0.481 e. The molecular formula is C16H21NO4. The van der Waals surface area contributed by atoms with Crippen LogP contribution in [0.1, 0.15) is 31.4 Å². The average Bonchev–Trinajstić information content (AvgIpc) is 3.28. The summed E-state index contributed by atoms with van der Waals surface area (Å²) in [5, 5.41) is 11.5. The fraction of sp³-hybridized carbons (Fsp3) is 0.500. The van der Waals surface area contributed by atoms with Crippen molar-refractivity contribution in [3.8, 4) is 0 Å². The Morgan fingerprint density at radius 3 is 2.67 bits per heavy atom. The van der Waals surface area contributed by atoms with E-state index in [4.69, 9.17) is 9.84 Å². The van der Waals surface area contributed by atoms with Crippen LogP contribution in [0.2, 0.25) is 0 Å². The summed E-state index contributed by atoms with van der Waals surface area (Å²) in [7, 11) is 0. The van der Waals surface area contributed by atoms with Gasteiger partial charge in [0.25, 0.3) is 0 Å². The van der Waals surface area contributed by atoms with Gasteiger partial charge in [0.2, 0.25) is 5.91 Å². The number of ether oxygens (including phenoxy) is 1. The lowest BCUT2D eigenvalue weighted by atomic mass is 10.1. The maximum absolute atomic E-state index is 11.6. The first-order chi connectivity index (χ1) is 10.1. The quantitative estimate of drug-likeness (QED) is 0.718. The van der Waals surface area contributed by atoms with E-state index in [1.807, 2.05) is 37.3 Å². The maximum Gasteiger partial charge on any atom is 0.307 e. The predicted molar refractivity (Wildman–Crippen MR) is 77.7 cm³/mol. The van der Waals surface area contributed by atoms with Gasteiger partial charge in [-0.3, -0.25) is 9.59 Å². The van der Waals surface area contributed by atoms with Crippen LogP contribution in [-0.2, 0) is 14.3 Å². The van der Waals surface area contributed by atoms with Crippen LogP contribution in [0, 0.1) is 11.8 Å². The molecule has 1 aromatic carbocycles. The Hall–Kier alpha value is -1.88. The highest BCUT2D eigenvalue weighted by Crippen LogP contribution is 2.38. The topological polar surface area (TPSA) is 75.6 Å². The van der Waals surface area contributed by atoms with Crippen LogP contribution in [-0.4, -0.2) is 30.1 Å². The molecule has 2 rings (SSSR count). The molecule has 0 spiro atoms. The Morgan fingerprint density at radius 2 is 2.05 bits per heavy atom. The molecule has 1 aliphatic carbocycles. The molecule has 1 fully saturated rings. The third-order valence-corrected chi connectivity index (χ3v) is 3.70. The normalized spacial score (nSPS) is 21.6. The van der Waals surface area contributed by atoms with Crippen molar-refractivity contribution in [3.05, 3.63) is 35.9 Å². The van der Waals surface area contributed by atoms with Crippen LogP contribution in [0.3, 0.4) is 0 Å². The summed E-state index contributed by atoms with van der Waals surface area (Å²) in [4.78, 5) is 22.3. The van der Waals surface area contributed by atoms with Crippen molar-refractivity contribution in [2.75, 3.05) is 13.2 Å². The highest BCUT2D eigenvalue weighted by atomic mass is 16.5. The maximum atomic E-state index is 11.6. The fourth-order valence-electron chi connectivity index (χ4n) is 2.25. The summed E-state index contributed by atoms with van der Waals surface area (Å²) >= 11 is 0. The van der Waals surface area contributed by atoms with Crippen molar-refractivity contribution in [1.82, 2.24) is 5.32 Å². The fourth-order valence-corrected chi connectivity index (χ4v) is 2.25. The van der Waals surface area contributed by atoms with E-state index in [1.165, 1.54) is 0 Å². The van der Waals surface area contributed by atoms with Gasteiger partial charge >= 0.3 is 5.97 Å². The zero-order valence-electron chi connectivity index (χ0n) is 12.1. The Morgan fingerprint density at radius 1 is 1.33 bits per heavy atom. The molecule has 0 heterocycles. The Bertz CT molecular complexity index is 488. The number of amides is 1. The number of benzene rings is 1. The first-order valence-electron chi connectivity index (χ1n) is 7.26. The number of aliphatic carboxylic acids is 1. The monoisotopic (exact) mass is 291 g/mol. The molecule has 1 saturated carbocycles. The lowest BCUT2D eigenvalue weighted by Gasteiger charge is -2.13. The van der Waals surface area contributed by atoms with Gasteiger partial charge in [-0.1, -0.05) is 30.3 Å². The summed E-state index contributed by atoms with van der Waals surface area (Å²) in [6, 6.07) is 9.96.